The van der Waals surface area contributed by atoms with Gasteiger partial charge in [0.05, 0.1) is 29.6 Å². The maximum absolute atomic E-state index is 12.9. The molecule has 0 aliphatic carbocycles. The predicted molar refractivity (Wildman–Crippen MR) is 117 cm³/mol. The van der Waals surface area contributed by atoms with E-state index < -0.39 is 43.8 Å². The molecule has 2 N–H and O–H groups in total. The molecule has 0 aromatic heterocycles. The molecule has 0 radical (unpaired) electrons. The molecule has 12 heteroatoms. The molecule has 2 aliphatic rings. The van der Waals surface area contributed by atoms with Crippen LogP contribution in [0.2, 0.25) is 0 Å². The SMILES string of the molecule is CC(C)[C@H](NC(=O)c1cccc(S(=O)(=O)N2CCOCC2)c1)C(=O)NC1CCS(=O)(=O)C1. The van der Waals surface area contributed by atoms with E-state index in [1.807, 2.05) is 0 Å². The van der Waals surface area contributed by atoms with Gasteiger partial charge < -0.3 is 15.4 Å². The Morgan fingerprint density at radius 1 is 1.19 bits per heavy atom. The highest BCUT2D eigenvalue weighted by Crippen LogP contribution is 2.19. The van der Waals surface area contributed by atoms with Gasteiger partial charge in [-0.3, -0.25) is 9.59 Å². The first-order chi connectivity index (χ1) is 15.0. The zero-order valence-electron chi connectivity index (χ0n) is 18.1. The van der Waals surface area contributed by atoms with Crippen LogP contribution in [0, 0.1) is 5.92 Å². The third kappa shape index (κ3) is 5.85. The number of nitrogens with one attached hydrogen (secondary N) is 2. The topological polar surface area (TPSA) is 139 Å². The minimum Gasteiger partial charge on any atom is -0.379 e. The van der Waals surface area contributed by atoms with Crippen molar-refractivity contribution in [1.82, 2.24) is 14.9 Å². The molecule has 32 heavy (non-hydrogen) atoms. The second-order valence-electron chi connectivity index (χ2n) is 8.35. The number of sulfonamides is 1. The molecule has 2 heterocycles. The number of hydrogen-bond acceptors (Lipinski definition) is 7. The van der Waals surface area contributed by atoms with Crippen LogP contribution in [-0.4, -0.2) is 82.8 Å². The van der Waals surface area contributed by atoms with E-state index in [9.17, 15) is 26.4 Å². The minimum atomic E-state index is -3.77. The Kier molecular flexibility index (Phi) is 7.58. The molecule has 2 amide bonds. The van der Waals surface area contributed by atoms with Crippen LogP contribution in [0.3, 0.4) is 0 Å². The zero-order chi connectivity index (χ0) is 23.5. The van der Waals surface area contributed by atoms with Gasteiger partial charge in [-0.05, 0) is 30.5 Å². The molecule has 2 atom stereocenters. The largest absolute Gasteiger partial charge is 0.379 e. The van der Waals surface area contributed by atoms with Crippen LogP contribution in [0.4, 0.5) is 0 Å². The van der Waals surface area contributed by atoms with E-state index in [1.165, 1.54) is 28.6 Å². The fourth-order valence-electron chi connectivity index (χ4n) is 3.69. The van der Waals surface area contributed by atoms with Crippen molar-refractivity contribution in [1.29, 1.82) is 0 Å². The molecule has 2 fully saturated rings. The van der Waals surface area contributed by atoms with Gasteiger partial charge in [0, 0.05) is 24.7 Å². The van der Waals surface area contributed by atoms with Gasteiger partial charge in [0.25, 0.3) is 5.91 Å². The van der Waals surface area contributed by atoms with Crippen molar-refractivity contribution in [2.45, 2.75) is 37.2 Å². The third-order valence-electron chi connectivity index (χ3n) is 5.52. The van der Waals surface area contributed by atoms with Crippen LogP contribution in [0.5, 0.6) is 0 Å². The first-order valence-electron chi connectivity index (χ1n) is 10.5. The Morgan fingerprint density at radius 2 is 1.88 bits per heavy atom. The molecule has 10 nitrogen and oxygen atoms in total. The third-order valence-corrected chi connectivity index (χ3v) is 9.18. The van der Waals surface area contributed by atoms with Crippen molar-refractivity contribution >= 4 is 31.7 Å². The number of nitrogens with zero attached hydrogens (tertiary/aromatic N) is 1. The monoisotopic (exact) mass is 487 g/mol. The highest BCUT2D eigenvalue weighted by molar-refractivity contribution is 7.91. The summed E-state index contributed by atoms with van der Waals surface area (Å²) < 4.78 is 55.5. The number of hydrogen-bond donors (Lipinski definition) is 2. The van der Waals surface area contributed by atoms with Crippen LogP contribution >= 0.6 is 0 Å². The summed E-state index contributed by atoms with van der Waals surface area (Å²) in [6.07, 6.45) is 0.342. The first kappa shape index (κ1) is 24.6. The van der Waals surface area contributed by atoms with E-state index in [2.05, 4.69) is 10.6 Å². The van der Waals surface area contributed by atoms with E-state index in [-0.39, 0.29) is 41.0 Å². The van der Waals surface area contributed by atoms with E-state index in [0.717, 1.165) is 0 Å². The predicted octanol–water partition coefficient (Wildman–Crippen LogP) is -0.235. The quantitative estimate of drug-likeness (QED) is 0.541. The number of ether oxygens (including phenoxy) is 1. The number of rotatable bonds is 7. The fourth-order valence-corrected chi connectivity index (χ4v) is 6.82. The Bertz CT molecular complexity index is 1060. The van der Waals surface area contributed by atoms with E-state index in [4.69, 9.17) is 4.74 Å². The van der Waals surface area contributed by atoms with Gasteiger partial charge in [-0.25, -0.2) is 16.8 Å². The molecule has 3 rings (SSSR count). The number of benzene rings is 1. The average Bonchev–Trinajstić information content (AvgIpc) is 3.10. The summed E-state index contributed by atoms with van der Waals surface area (Å²) >= 11 is 0. The fraction of sp³-hybridized carbons (Fsp3) is 0.600. The average molecular weight is 488 g/mol. The Morgan fingerprint density at radius 3 is 2.47 bits per heavy atom. The van der Waals surface area contributed by atoms with Gasteiger partial charge >= 0.3 is 0 Å². The number of morpholine rings is 1. The van der Waals surface area contributed by atoms with Crippen molar-refractivity contribution in [3.05, 3.63) is 29.8 Å². The lowest BCUT2D eigenvalue weighted by atomic mass is 10.0. The van der Waals surface area contributed by atoms with Crippen LogP contribution in [0.25, 0.3) is 0 Å². The summed E-state index contributed by atoms with van der Waals surface area (Å²) in [6.45, 7) is 4.63. The lowest BCUT2D eigenvalue weighted by molar-refractivity contribution is -0.124. The minimum absolute atomic E-state index is 0.00578. The highest BCUT2D eigenvalue weighted by atomic mass is 32.2. The maximum atomic E-state index is 12.9. The second kappa shape index (κ2) is 9.86. The smallest absolute Gasteiger partial charge is 0.251 e. The number of carbonyl (C=O) groups excluding carboxylic acids is 2. The molecule has 1 aromatic carbocycles. The molecule has 1 unspecified atom stereocenters. The highest BCUT2D eigenvalue weighted by Gasteiger charge is 2.33. The summed E-state index contributed by atoms with van der Waals surface area (Å²) in [7, 11) is -6.92. The molecule has 178 valence electrons. The normalized spacial score (nSPS) is 22.4. The summed E-state index contributed by atoms with van der Waals surface area (Å²) in [5, 5.41) is 5.36. The molecule has 0 bridgehead atoms. The molecule has 0 saturated carbocycles. The van der Waals surface area contributed by atoms with Crippen molar-refractivity contribution in [2.75, 3.05) is 37.8 Å². The first-order valence-corrected chi connectivity index (χ1v) is 13.8. The summed E-state index contributed by atoms with van der Waals surface area (Å²) in [5.41, 5.74) is 0.112. The lowest BCUT2D eigenvalue weighted by Crippen LogP contribution is -2.52. The summed E-state index contributed by atoms with van der Waals surface area (Å²) in [4.78, 5) is 25.6. The second-order valence-corrected chi connectivity index (χ2v) is 12.5. The maximum Gasteiger partial charge on any atom is 0.251 e. The van der Waals surface area contributed by atoms with Crippen molar-refractivity contribution in [3.8, 4) is 0 Å². The Hall–Kier alpha value is -2.02. The van der Waals surface area contributed by atoms with Crippen molar-refractivity contribution in [3.63, 3.8) is 0 Å². The Balaban J connectivity index is 1.71. The Labute approximate surface area is 188 Å². The van der Waals surface area contributed by atoms with Gasteiger partial charge in [-0.1, -0.05) is 19.9 Å². The van der Waals surface area contributed by atoms with Crippen LogP contribution in [0.1, 0.15) is 30.6 Å². The van der Waals surface area contributed by atoms with Gasteiger partial charge in [0.1, 0.15) is 6.04 Å². The van der Waals surface area contributed by atoms with Crippen LogP contribution in [0.15, 0.2) is 29.2 Å². The standard InChI is InChI=1S/C20H29N3O7S2/c1-14(2)18(20(25)21-16-6-11-31(26,27)13-16)22-19(24)15-4-3-5-17(12-15)32(28,29)23-7-9-30-10-8-23/h3-5,12,14,16,18H,6-11,13H2,1-2H3,(H,21,25)(H,22,24)/t16?,18-/m0/s1. The van der Waals surface area contributed by atoms with Gasteiger partial charge in [-0.15, -0.1) is 0 Å². The number of carbonyl (C=O) groups is 2. The lowest BCUT2D eigenvalue weighted by Gasteiger charge is -2.26. The van der Waals surface area contributed by atoms with E-state index in [1.54, 1.807) is 13.8 Å². The summed E-state index contributed by atoms with van der Waals surface area (Å²) in [6, 6.07) is 4.30. The van der Waals surface area contributed by atoms with Crippen molar-refractivity contribution in [2.24, 2.45) is 5.92 Å². The van der Waals surface area contributed by atoms with E-state index >= 15 is 0 Å². The number of amides is 2. The van der Waals surface area contributed by atoms with Gasteiger partial charge in [-0.2, -0.15) is 4.31 Å². The van der Waals surface area contributed by atoms with Crippen LogP contribution in [-0.2, 0) is 29.4 Å². The molecular weight excluding hydrogens is 458 g/mol. The molecular formula is C20H29N3O7S2. The molecule has 2 aliphatic heterocycles. The molecule has 0 spiro atoms. The summed E-state index contributed by atoms with van der Waals surface area (Å²) in [5.74, 6) is -1.40. The van der Waals surface area contributed by atoms with E-state index in [0.29, 0.717) is 19.6 Å². The van der Waals surface area contributed by atoms with Gasteiger partial charge in [0.2, 0.25) is 15.9 Å². The molecule has 2 saturated heterocycles. The molecule has 1 aromatic rings. The van der Waals surface area contributed by atoms with Crippen molar-refractivity contribution < 1.29 is 31.2 Å². The van der Waals surface area contributed by atoms with Crippen LogP contribution < -0.4 is 10.6 Å². The number of sulfone groups is 1. The van der Waals surface area contributed by atoms with Gasteiger partial charge in [0.15, 0.2) is 9.84 Å². The zero-order valence-corrected chi connectivity index (χ0v) is 19.7.